The lowest BCUT2D eigenvalue weighted by Gasteiger charge is -2.34. The standard InChI is InChI=1S/C36H42O2.C32H34O2.C28H26O6/c1-21-15-31(16-22(2)27(21)7)36(10,32-19-25(5)34(38)26(6)20-32)29-13-11-28(12-14-29)35(8,9)30-17-23(3)33(37)24(4)18-30;1-20-7-8-25(17-21(20)2)31(26-11-15-29(33)22(3)18-26)24-9-12-27(13-10-24)32(5,6)28-14-16-30(34)23(4)19-28;1-28(2,20-9-12-23(31)26(34)15-20)19-7-3-16(4-8-19)27(17-5-10-21(29)24(32)13-17)18-6-11-22(30)25(33)14-18/h11-20,37-38H,1-10H3;7-19,31,33-34H,1-6H3;3-15,27,29-34H,1-2H3. The van der Waals surface area contributed by atoms with Crippen LogP contribution >= 0.6 is 0 Å². The quantitative estimate of drug-likeness (QED) is 0.0348. The fraction of sp³-hybridized carbons (Fsp3) is 0.250. The Morgan fingerprint density at radius 3 is 0.830 bits per heavy atom. The van der Waals surface area contributed by atoms with E-state index in [1.807, 2.05) is 91.8 Å². The third-order valence-electron chi connectivity index (χ3n) is 22.6. The largest absolute Gasteiger partial charge is 0.508 e. The average Bonchev–Trinajstić information content (AvgIpc) is 0.738. The number of hydrogen-bond acceptors (Lipinski definition) is 10. The van der Waals surface area contributed by atoms with Crippen LogP contribution in [0.3, 0.4) is 0 Å². The normalized spacial score (nSPS) is 12.6. The summed E-state index contributed by atoms with van der Waals surface area (Å²) in [5.74, 6) is -0.253. The van der Waals surface area contributed by atoms with E-state index in [-0.39, 0.29) is 51.2 Å². The van der Waals surface area contributed by atoms with E-state index in [9.17, 15) is 51.1 Å². The van der Waals surface area contributed by atoms with E-state index < -0.39 is 16.7 Å². The van der Waals surface area contributed by atoms with Gasteiger partial charge in [-0.25, -0.2) is 0 Å². The molecule has 12 aromatic carbocycles. The summed E-state index contributed by atoms with van der Waals surface area (Å²) in [6.45, 7) is 37.9. The highest BCUT2D eigenvalue weighted by Gasteiger charge is 2.35. The molecule has 0 radical (unpaired) electrons. The first kappa shape index (κ1) is 77.3. The maximum Gasteiger partial charge on any atom is 0.157 e. The number of phenols is 10. The van der Waals surface area contributed by atoms with Crippen molar-refractivity contribution in [3.05, 3.63) is 363 Å². The third-order valence-corrected chi connectivity index (χ3v) is 22.6. The maximum atomic E-state index is 10.5. The summed E-state index contributed by atoms with van der Waals surface area (Å²) in [5, 5.41) is 100. The predicted molar refractivity (Wildman–Crippen MR) is 430 cm³/mol. The summed E-state index contributed by atoms with van der Waals surface area (Å²) in [4.78, 5) is 0. The van der Waals surface area contributed by atoms with Gasteiger partial charge in [-0.1, -0.05) is 211 Å². The van der Waals surface area contributed by atoms with Gasteiger partial charge in [0.15, 0.2) is 34.5 Å². The van der Waals surface area contributed by atoms with Crippen molar-refractivity contribution in [2.75, 3.05) is 0 Å². The number of rotatable bonds is 15. The number of hydrogen-bond donors (Lipinski definition) is 10. The second-order valence-electron chi connectivity index (χ2n) is 30.9. The topological polar surface area (TPSA) is 202 Å². The lowest BCUT2D eigenvalue weighted by atomic mass is 9.68. The molecule has 0 aromatic heterocycles. The molecule has 2 unspecified atom stereocenters. The minimum Gasteiger partial charge on any atom is -0.508 e. The van der Waals surface area contributed by atoms with Crippen molar-refractivity contribution in [2.24, 2.45) is 0 Å². The molecular weight excluding hydrogens is 1310 g/mol. The van der Waals surface area contributed by atoms with Crippen LogP contribution in [0, 0.1) is 76.2 Å². The summed E-state index contributed by atoms with van der Waals surface area (Å²) in [6.07, 6.45) is 0. The second kappa shape index (κ2) is 30.4. The fourth-order valence-corrected chi connectivity index (χ4v) is 14.6. The van der Waals surface area contributed by atoms with Crippen LogP contribution in [0.15, 0.2) is 218 Å². The van der Waals surface area contributed by atoms with Crippen molar-refractivity contribution in [3.8, 4) is 57.5 Å². The first-order valence-corrected chi connectivity index (χ1v) is 36.1. The van der Waals surface area contributed by atoms with Gasteiger partial charge in [0, 0.05) is 33.5 Å². The zero-order valence-corrected chi connectivity index (χ0v) is 64.4. The molecule has 10 N–H and O–H groups in total. The third kappa shape index (κ3) is 15.7. The van der Waals surface area contributed by atoms with Crippen molar-refractivity contribution in [3.63, 3.8) is 0 Å². The second-order valence-corrected chi connectivity index (χ2v) is 30.9. The highest BCUT2D eigenvalue weighted by molar-refractivity contribution is 5.60. The zero-order chi connectivity index (χ0) is 77.4. The molecule has 12 aromatic rings. The molecule has 0 spiro atoms. The molecule has 0 aliphatic rings. The Kier molecular flexibility index (Phi) is 22.1. The Balaban J connectivity index is 0.000000170. The van der Waals surface area contributed by atoms with Gasteiger partial charge in [0.05, 0.1) is 0 Å². The number of aryl methyl sites for hydroxylation is 10. The first-order valence-electron chi connectivity index (χ1n) is 36.1. The van der Waals surface area contributed by atoms with Crippen molar-refractivity contribution in [1.29, 1.82) is 0 Å². The van der Waals surface area contributed by atoms with Crippen LogP contribution in [0.1, 0.15) is 205 Å². The molecule has 10 nitrogen and oxygen atoms in total. The lowest BCUT2D eigenvalue weighted by Crippen LogP contribution is -2.27. The molecule has 0 heterocycles. The highest BCUT2D eigenvalue weighted by Crippen LogP contribution is 2.47. The summed E-state index contributed by atoms with van der Waals surface area (Å²) >= 11 is 0. The fourth-order valence-electron chi connectivity index (χ4n) is 14.6. The highest BCUT2D eigenvalue weighted by atomic mass is 16.3. The molecule has 2 atom stereocenters. The number of phenolic OH excluding ortho intramolecular Hbond substituents is 10. The van der Waals surface area contributed by atoms with Gasteiger partial charge in [-0.05, 0) is 276 Å². The first-order chi connectivity index (χ1) is 49.8. The Labute approximate surface area is 626 Å². The van der Waals surface area contributed by atoms with Crippen molar-refractivity contribution in [1.82, 2.24) is 0 Å². The van der Waals surface area contributed by atoms with Crippen LogP contribution < -0.4 is 0 Å². The van der Waals surface area contributed by atoms with Crippen LogP contribution in [0.4, 0.5) is 0 Å². The van der Waals surface area contributed by atoms with Gasteiger partial charge in [-0.2, -0.15) is 0 Å². The molecule has 0 saturated heterocycles. The monoisotopic (exact) mass is 1410 g/mol. The Bertz CT molecular complexity index is 4790. The molecule has 0 aliphatic carbocycles. The minimum absolute atomic E-state index is 0.0756. The van der Waals surface area contributed by atoms with Crippen molar-refractivity contribution in [2.45, 2.75) is 158 Å². The van der Waals surface area contributed by atoms with Gasteiger partial charge >= 0.3 is 0 Å². The molecule has 0 saturated carbocycles. The Morgan fingerprint density at radius 1 is 0.189 bits per heavy atom. The minimum atomic E-state index is -0.465. The molecule has 546 valence electrons. The molecule has 0 amide bonds. The number of aromatic hydroxyl groups is 10. The SMILES string of the molecule is CC(C)(c1ccc(C(c2ccc(O)c(O)c2)c2ccc(O)c(O)c2)cc1)c1ccc(O)c(O)c1.Cc1cc(C(C)(c2ccc(C(C)(C)c3cc(C)c(O)c(C)c3)cc2)c2cc(C)c(O)c(C)c2)cc(C)c1C.Cc1ccc(C(c2ccc(C(C)(C)c3ccc(O)c(C)c3)cc2)c2ccc(O)c(C)c2)cc1C. The molecule has 0 fully saturated rings. The predicted octanol–water partition coefficient (Wildman–Crippen LogP) is 22.2. The van der Waals surface area contributed by atoms with Gasteiger partial charge in [0.25, 0.3) is 0 Å². The van der Waals surface area contributed by atoms with Gasteiger partial charge in [0.2, 0.25) is 0 Å². The van der Waals surface area contributed by atoms with Crippen molar-refractivity contribution >= 4 is 0 Å². The van der Waals surface area contributed by atoms with E-state index in [0.717, 1.165) is 50.1 Å². The van der Waals surface area contributed by atoms with Gasteiger partial charge in [-0.3, -0.25) is 0 Å². The van der Waals surface area contributed by atoms with Crippen LogP contribution in [-0.4, -0.2) is 51.1 Å². The molecule has 12 rings (SSSR count). The van der Waals surface area contributed by atoms with E-state index >= 15 is 0 Å². The molecule has 0 bridgehead atoms. The summed E-state index contributed by atoms with van der Waals surface area (Å²) in [7, 11) is 0. The van der Waals surface area contributed by atoms with Gasteiger partial charge in [-0.15, -0.1) is 0 Å². The Morgan fingerprint density at radius 2 is 0.453 bits per heavy atom. The van der Waals surface area contributed by atoms with Crippen LogP contribution in [0.2, 0.25) is 0 Å². The number of benzene rings is 12. The summed E-state index contributed by atoms with van der Waals surface area (Å²) in [6, 6.07) is 71.2. The van der Waals surface area contributed by atoms with E-state index in [0.29, 0.717) is 34.1 Å². The lowest BCUT2D eigenvalue weighted by molar-refractivity contribution is 0.402. The van der Waals surface area contributed by atoms with E-state index in [2.05, 4.69) is 184 Å². The van der Waals surface area contributed by atoms with Crippen molar-refractivity contribution < 1.29 is 51.1 Å². The van der Waals surface area contributed by atoms with Crippen LogP contribution in [0.5, 0.6) is 57.5 Å². The summed E-state index contributed by atoms with van der Waals surface area (Å²) in [5.41, 5.74) is 26.7. The van der Waals surface area contributed by atoms with Crippen LogP contribution in [0.25, 0.3) is 0 Å². The molecular formula is C96H102O10. The van der Waals surface area contributed by atoms with Crippen LogP contribution in [-0.2, 0) is 21.7 Å². The molecule has 10 heteroatoms. The van der Waals surface area contributed by atoms with E-state index in [1.54, 1.807) is 36.4 Å². The average molecular weight is 1420 g/mol. The Hall–Kier alpha value is -11.4. The zero-order valence-electron chi connectivity index (χ0n) is 64.4. The maximum absolute atomic E-state index is 10.5. The molecule has 106 heavy (non-hydrogen) atoms. The van der Waals surface area contributed by atoms with Gasteiger partial charge < -0.3 is 51.1 Å². The van der Waals surface area contributed by atoms with Gasteiger partial charge in [0.1, 0.15) is 23.0 Å². The van der Waals surface area contributed by atoms with E-state index in [4.69, 9.17) is 0 Å². The summed E-state index contributed by atoms with van der Waals surface area (Å²) < 4.78 is 0. The van der Waals surface area contributed by atoms with E-state index in [1.165, 1.54) is 114 Å². The molecule has 0 aliphatic heterocycles. The smallest absolute Gasteiger partial charge is 0.157 e.